The molecule has 0 saturated carbocycles. The second-order valence-corrected chi connectivity index (χ2v) is 7.16. The molecule has 1 aromatic carbocycles. The molecule has 26 heavy (non-hydrogen) atoms. The second kappa shape index (κ2) is 9.59. The van der Waals surface area contributed by atoms with E-state index >= 15 is 0 Å². The summed E-state index contributed by atoms with van der Waals surface area (Å²) in [6.45, 7) is 4.52. The van der Waals surface area contributed by atoms with E-state index in [0.29, 0.717) is 29.6 Å². The normalized spacial score (nSPS) is 15.6. The third-order valence-electron chi connectivity index (χ3n) is 3.48. The maximum atomic E-state index is 12.3. The molecule has 0 bridgehead atoms. The molecule has 0 atom stereocenters. The summed E-state index contributed by atoms with van der Waals surface area (Å²) in [6, 6.07) is 5.40. The van der Waals surface area contributed by atoms with Crippen molar-refractivity contribution in [2.75, 3.05) is 19.8 Å². The minimum atomic E-state index is -1.35. The third-order valence-corrected chi connectivity index (χ3v) is 4.86. The number of hydrogen-bond donors (Lipinski definition) is 0. The van der Waals surface area contributed by atoms with Gasteiger partial charge in [0.25, 0.3) is 5.91 Å². The molecule has 8 heteroatoms. The Morgan fingerprint density at radius 2 is 2.08 bits per heavy atom. The van der Waals surface area contributed by atoms with Crippen LogP contribution in [-0.4, -0.2) is 40.9 Å². The largest absolute Gasteiger partial charge is 0.548 e. The number of rotatable bonds is 9. The zero-order chi connectivity index (χ0) is 19.1. The van der Waals surface area contributed by atoms with Gasteiger partial charge in [-0.15, -0.1) is 0 Å². The number of nitrogens with zero attached hydrogens (tertiary/aromatic N) is 1. The van der Waals surface area contributed by atoms with E-state index in [0.717, 1.165) is 35.1 Å². The van der Waals surface area contributed by atoms with Gasteiger partial charge in [0.15, 0.2) is 11.5 Å². The second-order valence-electron chi connectivity index (χ2n) is 5.48. The van der Waals surface area contributed by atoms with Crippen LogP contribution in [0.4, 0.5) is 0 Å². The summed E-state index contributed by atoms with van der Waals surface area (Å²) in [5.74, 6) is -0.537. The van der Waals surface area contributed by atoms with Crippen molar-refractivity contribution in [1.29, 1.82) is 0 Å². The van der Waals surface area contributed by atoms with Gasteiger partial charge in [0.05, 0.1) is 30.6 Å². The van der Waals surface area contributed by atoms with Gasteiger partial charge in [-0.2, -0.15) is 0 Å². The molecule has 0 radical (unpaired) electrons. The predicted octanol–water partition coefficient (Wildman–Crippen LogP) is 2.22. The molecule has 1 fully saturated rings. The van der Waals surface area contributed by atoms with Crippen molar-refractivity contribution in [3.05, 3.63) is 28.7 Å². The van der Waals surface area contributed by atoms with Crippen molar-refractivity contribution in [1.82, 2.24) is 4.90 Å². The van der Waals surface area contributed by atoms with E-state index in [1.54, 1.807) is 18.2 Å². The summed E-state index contributed by atoms with van der Waals surface area (Å²) in [4.78, 5) is 24.4. The van der Waals surface area contributed by atoms with E-state index in [1.165, 1.54) is 0 Å². The molecule has 0 aromatic heterocycles. The number of amides is 1. The maximum Gasteiger partial charge on any atom is 0.266 e. The summed E-state index contributed by atoms with van der Waals surface area (Å²) < 4.78 is 11.6. The lowest BCUT2D eigenvalue weighted by molar-refractivity contribution is -0.305. The van der Waals surface area contributed by atoms with Crippen LogP contribution in [0.25, 0.3) is 6.08 Å². The van der Waals surface area contributed by atoms with Crippen LogP contribution in [0.5, 0.6) is 11.5 Å². The summed E-state index contributed by atoms with van der Waals surface area (Å²) >= 11 is 6.13. The molecule has 1 saturated heterocycles. The van der Waals surface area contributed by atoms with Gasteiger partial charge >= 0.3 is 0 Å². The molecule has 0 N–H and O–H groups in total. The number of aliphatic carboxylic acids is 1. The highest BCUT2D eigenvalue weighted by molar-refractivity contribution is 8.26. The van der Waals surface area contributed by atoms with Gasteiger partial charge in [-0.25, -0.2) is 0 Å². The first-order valence-electron chi connectivity index (χ1n) is 8.31. The van der Waals surface area contributed by atoms with Crippen LogP contribution in [-0.2, 0) is 9.59 Å². The van der Waals surface area contributed by atoms with E-state index in [1.807, 2.05) is 13.0 Å². The van der Waals surface area contributed by atoms with Crippen LogP contribution < -0.4 is 14.6 Å². The number of unbranched alkanes of at least 4 members (excludes halogenated alkanes) is 1. The number of carboxylic acids is 1. The van der Waals surface area contributed by atoms with Crippen LogP contribution in [0.2, 0.25) is 0 Å². The smallest absolute Gasteiger partial charge is 0.266 e. The monoisotopic (exact) mass is 394 g/mol. The van der Waals surface area contributed by atoms with Crippen molar-refractivity contribution in [2.45, 2.75) is 26.7 Å². The van der Waals surface area contributed by atoms with E-state index < -0.39 is 18.4 Å². The van der Waals surface area contributed by atoms with Crippen LogP contribution >= 0.6 is 24.0 Å². The highest BCUT2D eigenvalue weighted by Gasteiger charge is 2.31. The van der Waals surface area contributed by atoms with Crippen LogP contribution in [0.1, 0.15) is 32.3 Å². The minimum Gasteiger partial charge on any atom is -0.548 e. The number of thioether (sulfide) groups is 1. The molecule has 1 aliphatic rings. The molecule has 2 rings (SSSR count). The minimum absolute atomic E-state index is 0.204. The molecular formula is C18H20NO5S2-. The van der Waals surface area contributed by atoms with Gasteiger partial charge in [0, 0.05) is 0 Å². The number of thiocarbonyl (C=S) groups is 1. The first-order chi connectivity index (χ1) is 12.5. The lowest BCUT2D eigenvalue weighted by Gasteiger charge is -2.14. The highest BCUT2D eigenvalue weighted by atomic mass is 32.2. The Labute approximate surface area is 162 Å². The number of benzene rings is 1. The summed E-state index contributed by atoms with van der Waals surface area (Å²) in [7, 11) is 0. The molecule has 0 aliphatic carbocycles. The van der Waals surface area contributed by atoms with Crippen molar-refractivity contribution in [3.63, 3.8) is 0 Å². The molecule has 0 unspecified atom stereocenters. The van der Waals surface area contributed by atoms with Gasteiger partial charge in [0.1, 0.15) is 4.32 Å². The molecule has 1 aliphatic heterocycles. The van der Waals surface area contributed by atoms with Gasteiger partial charge < -0.3 is 19.4 Å². The van der Waals surface area contributed by atoms with E-state index in [-0.39, 0.29) is 4.32 Å². The molecule has 1 aromatic rings. The Morgan fingerprint density at radius 3 is 2.73 bits per heavy atom. The number of carbonyl (C=O) groups is 2. The summed E-state index contributed by atoms with van der Waals surface area (Å²) in [5, 5.41) is 10.7. The number of carbonyl (C=O) groups excluding carboxylic acids is 2. The Balaban J connectivity index is 2.21. The fourth-order valence-corrected chi connectivity index (χ4v) is 3.50. The van der Waals surface area contributed by atoms with Crippen molar-refractivity contribution in [2.24, 2.45) is 0 Å². The molecule has 6 nitrogen and oxygen atoms in total. The van der Waals surface area contributed by atoms with E-state index in [9.17, 15) is 14.7 Å². The number of ether oxygens (including phenoxy) is 2. The van der Waals surface area contributed by atoms with Crippen molar-refractivity contribution < 1.29 is 24.2 Å². The molecule has 140 valence electrons. The molecular weight excluding hydrogens is 374 g/mol. The maximum absolute atomic E-state index is 12.3. The van der Waals surface area contributed by atoms with E-state index in [4.69, 9.17) is 21.7 Å². The predicted molar refractivity (Wildman–Crippen MR) is 103 cm³/mol. The molecule has 0 spiro atoms. The Bertz CT molecular complexity index is 732. The topological polar surface area (TPSA) is 78.9 Å². The molecule has 1 heterocycles. The zero-order valence-corrected chi connectivity index (χ0v) is 16.3. The quantitative estimate of drug-likeness (QED) is 0.361. The summed E-state index contributed by atoms with van der Waals surface area (Å²) in [6.07, 6.45) is 3.65. The van der Waals surface area contributed by atoms with Crippen LogP contribution in [0.3, 0.4) is 0 Å². The average molecular weight is 394 g/mol. The third kappa shape index (κ3) is 5.22. The highest BCUT2D eigenvalue weighted by Crippen LogP contribution is 2.34. The first kappa shape index (κ1) is 20.3. The fourth-order valence-electron chi connectivity index (χ4n) is 2.25. The van der Waals surface area contributed by atoms with Gasteiger partial charge in [-0.3, -0.25) is 9.69 Å². The van der Waals surface area contributed by atoms with Gasteiger partial charge in [-0.05, 0) is 37.1 Å². The van der Waals surface area contributed by atoms with Crippen LogP contribution in [0.15, 0.2) is 23.1 Å². The van der Waals surface area contributed by atoms with Gasteiger partial charge in [0.2, 0.25) is 0 Å². The Morgan fingerprint density at radius 1 is 1.31 bits per heavy atom. The lowest BCUT2D eigenvalue weighted by atomic mass is 10.2. The Hall–Kier alpha value is -2.06. The number of hydrogen-bond acceptors (Lipinski definition) is 7. The summed E-state index contributed by atoms with van der Waals surface area (Å²) in [5.41, 5.74) is 0.741. The van der Waals surface area contributed by atoms with Crippen molar-refractivity contribution in [3.8, 4) is 11.5 Å². The Kier molecular flexibility index (Phi) is 7.47. The molecule has 1 amide bonds. The van der Waals surface area contributed by atoms with Crippen molar-refractivity contribution >= 4 is 46.3 Å². The standard InChI is InChI=1S/C18H21NO5S2/c1-3-5-8-24-13-7-6-12(9-14(13)23-4-2)10-15-17(22)19(11-16(20)21)18(25)26-15/h6-7,9-10H,3-5,8,11H2,1-2H3,(H,20,21)/p-1/b15-10+. The van der Waals surface area contributed by atoms with Gasteiger partial charge in [-0.1, -0.05) is 43.4 Å². The van der Waals surface area contributed by atoms with E-state index in [2.05, 4.69) is 6.92 Å². The average Bonchev–Trinajstić information content (AvgIpc) is 2.84. The lowest BCUT2D eigenvalue weighted by Crippen LogP contribution is -2.40. The SMILES string of the molecule is CCCCOc1ccc(/C=C2/SC(=S)N(CC(=O)[O-])C2=O)cc1OCC. The fraction of sp³-hybridized carbons (Fsp3) is 0.389. The zero-order valence-electron chi connectivity index (χ0n) is 14.6. The van der Waals surface area contributed by atoms with Crippen LogP contribution in [0, 0.1) is 0 Å². The number of carboxylic acid groups (broad SMARTS) is 1. The first-order valence-corrected chi connectivity index (χ1v) is 9.53.